The van der Waals surface area contributed by atoms with E-state index in [1.54, 1.807) is 0 Å². The monoisotopic (exact) mass is 474 g/mol. The van der Waals surface area contributed by atoms with Gasteiger partial charge < -0.3 is 15.0 Å². The molecule has 2 N–H and O–H groups in total. The fourth-order valence-corrected chi connectivity index (χ4v) is 5.70. The summed E-state index contributed by atoms with van der Waals surface area (Å²) in [6.45, 7) is 4.34. The third-order valence-corrected chi connectivity index (χ3v) is 7.90. The highest BCUT2D eigenvalue weighted by Crippen LogP contribution is 2.30. The molecule has 2 aliphatic rings. The summed E-state index contributed by atoms with van der Waals surface area (Å²) in [5.41, 5.74) is 3.50. The minimum Gasteiger partial charge on any atom is -0.490 e. The van der Waals surface area contributed by atoms with Crippen LogP contribution in [0.2, 0.25) is 0 Å². The number of fused-ring (bicyclic) bond motifs is 1. The highest BCUT2D eigenvalue weighted by atomic mass is 16.5. The molecule has 1 unspecified atom stereocenters. The Balaban J connectivity index is 1.30. The van der Waals surface area contributed by atoms with Crippen LogP contribution in [0, 0.1) is 5.92 Å². The molecule has 1 saturated heterocycles. The summed E-state index contributed by atoms with van der Waals surface area (Å²) in [5, 5.41) is 12.0. The van der Waals surface area contributed by atoms with Crippen molar-refractivity contribution in [1.82, 2.24) is 20.4 Å². The van der Waals surface area contributed by atoms with Crippen LogP contribution in [-0.4, -0.2) is 53.3 Å². The summed E-state index contributed by atoms with van der Waals surface area (Å²) in [5.74, 6) is 1.51. The molecule has 2 aromatic carbocycles. The molecule has 2 fully saturated rings. The number of rotatable bonds is 7. The first-order valence-corrected chi connectivity index (χ1v) is 13.4. The molecule has 1 amide bonds. The normalized spacial score (nSPS) is 19.0. The van der Waals surface area contributed by atoms with E-state index in [9.17, 15) is 4.79 Å². The number of piperidine rings is 1. The first-order valence-electron chi connectivity index (χ1n) is 13.4. The molecule has 0 bridgehead atoms. The van der Waals surface area contributed by atoms with E-state index in [1.807, 2.05) is 30.3 Å². The van der Waals surface area contributed by atoms with Crippen LogP contribution in [0.15, 0.2) is 42.5 Å². The van der Waals surface area contributed by atoms with Crippen molar-refractivity contribution < 1.29 is 9.53 Å². The zero-order valence-corrected chi connectivity index (χ0v) is 21.1. The number of nitrogens with one attached hydrogen (secondary N) is 2. The number of hydrogen-bond donors (Lipinski definition) is 2. The molecule has 6 heteroatoms. The maximum Gasteiger partial charge on any atom is 0.251 e. The number of benzene rings is 2. The van der Waals surface area contributed by atoms with Crippen LogP contribution < -0.4 is 10.1 Å². The second-order valence-electron chi connectivity index (χ2n) is 10.4. The number of hydrogen-bond acceptors (Lipinski definition) is 4. The number of amides is 1. The highest BCUT2D eigenvalue weighted by molar-refractivity contribution is 6.01. The average molecular weight is 475 g/mol. The van der Waals surface area contributed by atoms with E-state index in [4.69, 9.17) is 4.74 Å². The lowest BCUT2D eigenvalue weighted by Crippen LogP contribution is -2.40. The van der Waals surface area contributed by atoms with E-state index in [0.717, 1.165) is 60.3 Å². The smallest absolute Gasteiger partial charge is 0.251 e. The Kier molecular flexibility index (Phi) is 7.37. The lowest BCUT2D eigenvalue weighted by atomic mass is 9.83. The molecule has 0 radical (unpaired) electrons. The first-order chi connectivity index (χ1) is 17.1. The number of carbonyl (C=O) groups is 1. The maximum absolute atomic E-state index is 13.2. The minimum atomic E-state index is 0.0124. The standard InChI is InChI=1S/C29H38N4O2/c1-3-26(20-7-5-4-6-8-20)30-29(34)22-11-14-27-25(19-22)28(32-31-27)21-9-12-23(13-10-21)35-24-15-17-33(2)18-16-24/h9-14,19-20,24,26H,3-8,15-18H2,1-2H3,(H,30,34)(H,31,32). The van der Waals surface area contributed by atoms with Gasteiger partial charge in [0.15, 0.2) is 0 Å². The van der Waals surface area contributed by atoms with Gasteiger partial charge in [0.1, 0.15) is 11.9 Å². The van der Waals surface area contributed by atoms with Gasteiger partial charge >= 0.3 is 0 Å². The Hall–Kier alpha value is -2.86. The van der Waals surface area contributed by atoms with Gasteiger partial charge in [-0.05, 0) is 87.5 Å². The largest absolute Gasteiger partial charge is 0.490 e. The Bertz CT molecular complexity index is 1130. The van der Waals surface area contributed by atoms with Crippen molar-refractivity contribution in [3.63, 3.8) is 0 Å². The van der Waals surface area contributed by atoms with Crippen LogP contribution in [0.5, 0.6) is 5.75 Å². The van der Waals surface area contributed by atoms with Gasteiger partial charge in [0, 0.05) is 35.6 Å². The molecule has 2 heterocycles. The molecule has 1 aliphatic carbocycles. The van der Waals surface area contributed by atoms with Gasteiger partial charge in [0.25, 0.3) is 5.91 Å². The van der Waals surface area contributed by atoms with Crippen molar-refractivity contribution in [2.75, 3.05) is 20.1 Å². The number of likely N-dealkylation sites (tertiary alicyclic amines) is 1. The van der Waals surface area contributed by atoms with E-state index < -0.39 is 0 Å². The summed E-state index contributed by atoms with van der Waals surface area (Å²) in [7, 11) is 2.16. The van der Waals surface area contributed by atoms with Gasteiger partial charge in [-0.25, -0.2) is 0 Å². The second kappa shape index (κ2) is 10.8. The predicted molar refractivity (Wildman–Crippen MR) is 141 cm³/mol. The molecule has 6 nitrogen and oxygen atoms in total. The maximum atomic E-state index is 13.2. The Morgan fingerprint density at radius 3 is 2.54 bits per heavy atom. The van der Waals surface area contributed by atoms with Gasteiger partial charge in [0.2, 0.25) is 0 Å². The Labute approximate surface area is 208 Å². The highest BCUT2D eigenvalue weighted by Gasteiger charge is 2.24. The summed E-state index contributed by atoms with van der Waals surface area (Å²) in [4.78, 5) is 15.5. The van der Waals surface area contributed by atoms with Gasteiger partial charge in [-0.1, -0.05) is 26.2 Å². The van der Waals surface area contributed by atoms with Crippen molar-refractivity contribution in [3.05, 3.63) is 48.0 Å². The molecule has 186 valence electrons. The van der Waals surface area contributed by atoms with Crippen molar-refractivity contribution in [2.45, 2.75) is 70.4 Å². The number of carbonyl (C=O) groups excluding carboxylic acids is 1. The van der Waals surface area contributed by atoms with E-state index in [2.05, 4.69) is 46.5 Å². The van der Waals surface area contributed by atoms with Crippen molar-refractivity contribution >= 4 is 16.8 Å². The van der Waals surface area contributed by atoms with E-state index in [-0.39, 0.29) is 18.1 Å². The van der Waals surface area contributed by atoms with Gasteiger partial charge in [0.05, 0.1) is 11.2 Å². The fourth-order valence-electron chi connectivity index (χ4n) is 5.70. The third-order valence-electron chi connectivity index (χ3n) is 7.90. The van der Waals surface area contributed by atoms with Crippen LogP contribution in [0.1, 0.15) is 68.6 Å². The van der Waals surface area contributed by atoms with Crippen LogP contribution >= 0.6 is 0 Å². The van der Waals surface area contributed by atoms with Crippen molar-refractivity contribution in [1.29, 1.82) is 0 Å². The number of nitrogens with zero attached hydrogens (tertiary/aromatic N) is 2. The van der Waals surface area contributed by atoms with Crippen LogP contribution in [-0.2, 0) is 0 Å². The summed E-state index contributed by atoms with van der Waals surface area (Å²) in [6.07, 6.45) is 9.71. The van der Waals surface area contributed by atoms with Crippen LogP contribution in [0.4, 0.5) is 0 Å². The molecule has 35 heavy (non-hydrogen) atoms. The zero-order chi connectivity index (χ0) is 24.2. The Morgan fingerprint density at radius 1 is 1.09 bits per heavy atom. The molecule has 3 aromatic rings. The quantitative estimate of drug-likeness (QED) is 0.455. The van der Waals surface area contributed by atoms with Gasteiger partial charge in [-0.2, -0.15) is 5.10 Å². The van der Waals surface area contributed by atoms with E-state index in [0.29, 0.717) is 11.5 Å². The van der Waals surface area contributed by atoms with Gasteiger partial charge in [-0.15, -0.1) is 0 Å². The zero-order valence-electron chi connectivity index (χ0n) is 21.1. The van der Waals surface area contributed by atoms with Crippen molar-refractivity contribution in [2.24, 2.45) is 5.92 Å². The molecule has 1 saturated carbocycles. The molecular formula is C29H38N4O2. The molecule has 1 aromatic heterocycles. The average Bonchev–Trinajstić information content (AvgIpc) is 3.33. The first kappa shape index (κ1) is 23.9. The number of ether oxygens (including phenoxy) is 1. The number of H-pyrrole nitrogens is 1. The summed E-state index contributed by atoms with van der Waals surface area (Å²) >= 11 is 0. The topological polar surface area (TPSA) is 70.2 Å². The lowest BCUT2D eigenvalue weighted by molar-refractivity contribution is 0.0911. The Morgan fingerprint density at radius 2 is 1.83 bits per heavy atom. The fraction of sp³-hybridized carbons (Fsp3) is 0.517. The lowest BCUT2D eigenvalue weighted by Gasteiger charge is -2.30. The van der Waals surface area contributed by atoms with E-state index in [1.165, 1.54) is 32.1 Å². The molecule has 1 atom stereocenters. The number of aromatic amines is 1. The predicted octanol–water partition coefficient (Wildman–Crippen LogP) is 5.79. The molecule has 1 aliphatic heterocycles. The third kappa shape index (κ3) is 5.53. The van der Waals surface area contributed by atoms with E-state index >= 15 is 0 Å². The van der Waals surface area contributed by atoms with Gasteiger partial charge in [-0.3, -0.25) is 9.89 Å². The molecular weight excluding hydrogens is 436 g/mol. The second-order valence-corrected chi connectivity index (χ2v) is 10.4. The summed E-state index contributed by atoms with van der Waals surface area (Å²) < 4.78 is 6.20. The summed E-state index contributed by atoms with van der Waals surface area (Å²) in [6, 6.07) is 14.2. The SMILES string of the molecule is CCC(NC(=O)c1ccc2[nH]nc(-c3ccc(OC4CCN(C)CC4)cc3)c2c1)C1CCCCC1. The van der Waals surface area contributed by atoms with Crippen LogP contribution in [0.3, 0.4) is 0 Å². The molecule has 0 spiro atoms. The minimum absolute atomic E-state index is 0.0124. The molecule has 5 rings (SSSR count). The van der Waals surface area contributed by atoms with Crippen LogP contribution in [0.25, 0.3) is 22.2 Å². The number of aromatic nitrogens is 2. The van der Waals surface area contributed by atoms with Crippen molar-refractivity contribution in [3.8, 4) is 17.0 Å².